The van der Waals surface area contributed by atoms with E-state index in [0.29, 0.717) is 31.6 Å². The topological polar surface area (TPSA) is 75.4 Å². The Balaban J connectivity index is 1.86. The molecule has 1 aliphatic heterocycles. The highest BCUT2D eigenvalue weighted by atomic mass is 16.4. The second-order valence-electron chi connectivity index (χ2n) is 5.73. The Morgan fingerprint density at radius 3 is 2.65 bits per heavy atom. The molecular weight excluding hydrogens is 294 g/mol. The number of carbonyl (C=O) groups is 2. The molecule has 2 aromatic rings. The van der Waals surface area contributed by atoms with Gasteiger partial charge in [-0.05, 0) is 12.0 Å². The number of hydrogen-bond donors (Lipinski definition) is 1. The molecule has 0 unspecified atom stereocenters. The first-order valence-electron chi connectivity index (χ1n) is 7.67. The molecule has 6 heteroatoms. The lowest BCUT2D eigenvalue weighted by Crippen LogP contribution is -2.35. The molecule has 0 saturated heterocycles. The first-order chi connectivity index (χ1) is 11.1. The van der Waals surface area contributed by atoms with Gasteiger partial charge in [0.15, 0.2) is 5.69 Å². The van der Waals surface area contributed by atoms with Crippen LogP contribution in [-0.4, -0.2) is 38.2 Å². The SMILES string of the molecule is CC(=O)N1CCc2c(c(C(=O)O)nn2CCc2ccccc2)C1. The van der Waals surface area contributed by atoms with Gasteiger partial charge in [0.25, 0.3) is 0 Å². The largest absolute Gasteiger partial charge is 0.476 e. The maximum Gasteiger partial charge on any atom is 0.356 e. The molecule has 0 bridgehead atoms. The van der Waals surface area contributed by atoms with Crippen LogP contribution in [0.1, 0.15) is 34.2 Å². The Morgan fingerprint density at radius 2 is 2.00 bits per heavy atom. The van der Waals surface area contributed by atoms with Crippen molar-refractivity contribution in [2.75, 3.05) is 6.54 Å². The molecule has 1 aromatic carbocycles. The average Bonchev–Trinajstić information content (AvgIpc) is 2.92. The van der Waals surface area contributed by atoms with Crippen molar-refractivity contribution >= 4 is 11.9 Å². The third-order valence-corrected chi connectivity index (χ3v) is 4.24. The van der Waals surface area contributed by atoms with Gasteiger partial charge in [0.05, 0.1) is 0 Å². The number of carboxylic acid groups (broad SMARTS) is 1. The van der Waals surface area contributed by atoms with Gasteiger partial charge < -0.3 is 10.0 Å². The predicted molar refractivity (Wildman–Crippen MR) is 84.1 cm³/mol. The normalized spacial score (nSPS) is 13.7. The lowest BCUT2D eigenvalue weighted by Gasteiger charge is -2.26. The van der Waals surface area contributed by atoms with E-state index in [9.17, 15) is 14.7 Å². The summed E-state index contributed by atoms with van der Waals surface area (Å²) >= 11 is 0. The van der Waals surface area contributed by atoms with Gasteiger partial charge >= 0.3 is 5.97 Å². The van der Waals surface area contributed by atoms with E-state index in [4.69, 9.17) is 0 Å². The molecule has 0 saturated carbocycles. The molecule has 0 fully saturated rings. The third-order valence-electron chi connectivity index (χ3n) is 4.24. The number of fused-ring (bicyclic) bond motifs is 1. The van der Waals surface area contributed by atoms with E-state index in [1.54, 1.807) is 9.58 Å². The Morgan fingerprint density at radius 1 is 1.26 bits per heavy atom. The summed E-state index contributed by atoms with van der Waals surface area (Å²) in [6.45, 7) is 3.08. The predicted octanol–water partition coefficient (Wildman–Crippen LogP) is 1.73. The van der Waals surface area contributed by atoms with E-state index in [-0.39, 0.29) is 11.6 Å². The minimum absolute atomic E-state index is 0.0379. The molecule has 0 radical (unpaired) electrons. The van der Waals surface area contributed by atoms with E-state index in [1.165, 1.54) is 12.5 Å². The van der Waals surface area contributed by atoms with Gasteiger partial charge in [0.1, 0.15) is 0 Å². The highest BCUT2D eigenvalue weighted by Crippen LogP contribution is 2.23. The maximum absolute atomic E-state index is 11.6. The Bertz CT molecular complexity index is 737. The van der Waals surface area contributed by atoms with Crippen molar-refractivity contribution in [1.82, 2.24) is 14.7 Å². The average molecular weight is 313 g/mol. The van der Waals surface area contributed by atoms with Crippen molar-refractivity contribution in [2.45, 2.75) is 32.9 Å². The molecule has 2 heterocycles. The molecule has 120 valence electrons. The lowest BCUT2D eigenvalue weighted by atomic mass is 10.0. The molecule has 23 heavy (non-hydrogen) atoms. The number of aromatic carboxylic acids is 1. The zero-order chi connectivity index (χ0) is 16.4. The summed E-state index contributed by atoms with van der Waals surface area (Å²) in [6.07, 6.45) is 1.44. The minimum atomic E-state index is -1.04. The van der Waals surface area contributed by atoms with Crippen LogP contribution in [0.2, 0.25) is 0 Å². The first kappa shape index (κ1) is 15.3. The fourth-order valence-electron chi connectivity index (χ4n) is 3.00. The van der Waals surface area contributed by atoms with E-state index in [0.717, 1.165) is 12.1 Å². The van der Waals surface area contributed by atoms with E-state index < -0.39 is 5.97 Å². The Hall–Kier alpha value is -2.63. The van der Waals surface area contributed by atoms with Crippen molar-refractivity contribution in [1.29, 1.82) is 0 Å². The number of carbonyl (C=O) groups excluding carboxylic acids is 1. The van der Waals surface area contributed by atoms with Crippen molar-refractivity contribution in [3.8, 4) is 0 Å². The van der Waals surface area contributed by atoms with Gasteiger partial charge in [-0.1, -0.05) is 30.3 Å². The molecule has 6 nitrogen and oxygen atoms in total. The number of benzene rings is 1. The first-order valence-corrected chi connectivity index (χ1v) is 7.67. The molecule has 1 aromatic heterocycles. The number of aryl methyl sites for hydroxylation is 2. The summed E-state index contributed by atoms with van der Waals surface area (Å²) in [5, 5.41) is 13.7. The fraction of sp³-hybridized carbons (Fsp3) is 0.353. The van der Waals surface area contributed by atoms with Gasteiger partial charge in [-0.3, -0.25) is 9.48 Å². The number of hydrogen-bond acceptors (Lipinski definition) is 3. The molecule has 1 aliphatic rings. The van der Waals surface area contributed by atoms with Crippen LogP contribution in [0.15, 0.2) is 30.3 Å². The summed E-state index contributed by atoms with van der Waals surface area (Å²) in [5.74, 6) is -1.07. The van der Waals surface area contributed by atoms with Crippen molar-refractivity contribution in [2.24, 2.45) is 0 Å². The second kappa shape index (κ2) is 6.24. The second-order valence-corrected chi connectivity index (χ2v) is 5.73. The molecular formula is C17H19N3O3. The van der Waals surface area contributed by atoms with Crippen LogP contribution in [0.5, 0.6) is 0 Å². The smallest absolute Gasteiger partial charge is 0.356 e. The van der Waals surface area contributed by atoms with Crippen LogP contribution < -0.4 is 0 Å². The minimum Gasteiger partial charge on any atom is -0.476 e. The van der Waals surface area contributed by atoms with Crippen LogP contribution in [0, 0.1) is 0 Å². The van der Waals surface area contributed by atoms with E-state index >= 15 is 0 Å². The van der Waals surface area contributed by atoms with Crippen LogP contribution >= 0.6 is 0 Å². The number of aromatic nitrogens is 2. The molecule has 3 rings (SSSR count). The molecule has 1 N–H and O–H groups in total. The monoisotopic (exact) mass is 313 g/mol. The Kier molecular flexibility index (Phi) is 4.14. The Labute approximate surface area is 134 Å². The number of amides is 1. The quantitative estimate of drug-likeness (QED) is 0.932. The van der Waals surface area contributed by atoms with Crippen LogP contribution in [-0.2, 0) is 30.7 Å². The van der Waals surface area contributed by atoms with Gasteiger partial charge in [0.2, 0.25) is 5.91 Å². The number of rotatable bonds is 4. The lowest BCUT2D eigenvalue weighted by molar-refractivity contribution is -0.129. The van der Waals surface area contributed by atoms with Crippen molar-refractivity contribution in [3.63, 3.8) is 0 Å². The third kappa shape index (κ3) is 3.11. The highest BCUT2D eigenvalue weighted by Gasteiger charge is 2.28. The molecule has 0 atom stereocenters. The highest BCUT2D eigenvalue weighted by molar-refractivity contribution is 5.87. The summed E-state index contributed by atoms with van der Waals surface area (Å²) in [4.78, 5) is 24.7. The summed E-state index contributed by atoms with van der Waals surface area (Å²) < 4.78 is 1.79. The van der Waals surface area contributed by atoms with Gasteiger partial charge in [-0.15, -0.1) is 0 Å². The van der Waals surface area contributed by atoms with Gasteiger partial charge in [-0.25, -0.2) is 4.79 Å². The summed E-state index contributed by atoms with van der Waals surface area (Å²) in [7, 11) is 0. The van der Waals surface area contributed by atoms with Crippen molar-refractivity contribution in [3.05, 3.63) is 52.8 Å². The molecule has 0 aliphatic carbocycles. The molecule has 0 spiro atoms. The standard InChI is InChI=1S/C17H19N3O3/c1-12(21)19-9-8-15-14(11-19)16(17(22)23)18-20(15)10-7-13-5-3-2-4-6-13/h2-6H,7-11H2,1H3,(H,22,23). The van der Waals surface area contributed by atoms with Crippen LogP contribution in [0.3, 0.4) is 0 Å². The zero-order valence-electron chi connectivity index (χ0n) is 13.0. The summed E-state index contributed by atoms with van der Waals surface area (Å²) in [5.41, 5.74) is 2.87. The van der Waals surface area contributed by atoms with E-state index in [1.807, 2.05) is 30.3 Å². The van der Waals surface area contributed by atoms with Gasteiger partial charge in [-0.2, -0.15) is 5.10 Å². The van der Waals surface area contributed by atoms with Crippen LogP contribution in [0.25, 0.3) is 0 Å². The summed E-state index contributed by atoms with van der Waals surface area (Å²) in [6, 6.07) is 10.0. The molecule has 1 amide bonds. The van der Waals surface area contributed by atoms with E-state index in [2.05, 4.69) is 5.10 Å². The number of carboxylic acids is 1. The van der Waals surface area contributed by atoms with Crippen molar-refractivity contribution < 1.29 is 14.7 Å². The number of nitrogens with zero attached hydrogens (tertiary/aromatic N) is 3. The maximum atomic E-state index is 11.6. The van der Waals surface area contributed by atoms with Gasteiger partial charge in [0, 0.05) is 44.2 Å². The fourth-order valence-corrected chi connectivity index (χ4v) is 3.00. The zero-order valence-corrected chi connectivity index (χ0v) is 13.0. The van der Waals surface area contributed by atoms with Crippen LogP contribution in [0.4, 0.5) is 0 Å².